The summed E-state index contributed by atoms with van der Waals surface area (Å²) in [5.74, 6) is 0.658. The van der Waals surface area contributed by atoms with E-state index in [4.69, 9.17) is 4.74 Å². The van der Waals surface area contributed by atoms with Gasteiger partial charge in [-0.2, -0.15) is 0 Å². The molecule has 17 heavy (non-hydrogen) atoms. The first-order chi connectivity index (χ1) is 8.25. The number of rotatable bonds is 4. The first-order valence-electron chi connectivity index (χ1n) is 5.08. The zero-order valence-corrected chi connectivity index (χ0v) is 9.00. The van der Waals surface area contributed by atoms with Crippen LogP contribution >= 0.6 is 0 Å². The van der Waals surface area contributed by atoms with E-state index in [-0.39, 0.29) is 5.69 Å². The summed E-state index contributed by atoms with van der Waals surface area (Å²) in [5.41, 5.74) is 0.966. The third kappa shape index (κ3) is 3.04. The van der Waals surface area contributed by atoms with Gasteiger partial charge in [0.15, 0.2) is 0 Å². The van der Waals surface area contributed by atoms with Gasteiger partial charge in [0.2, 0.25) is 0 Å². The molecular formula is C13H10NO3. The van der Waals surface area contributed by atoms with Gasteiger partial charge in [0.1, 0.15) is 12.4 Å². The highest BCUT2D eigenvalue weighted by molar-refractivity contribution is 5.32. The molecule has 2 rings (SSSR count). The summed E-state index contributed by atoms with van der Waals surface area (Å²) in [4.78, 5) is 10.0. The Bertz CT molecular complexity index is 494. The Balaban J connectivity index is 1.98. The van der Waals surface area contributed by atoms with Gasteiger partial charge in [-0.15, -0.1) is 0 Å². The molecule has 0 N–H and O–H groups in total. The molecule has 0 spiro atoms. The number of hydrogen-bond donors (Lipinski definition) is 0. The second-order valence-electron chi connectivity index (χ2n) is 3.44. The molecule has 2 aromatic rings. The van der Waals surface area contributed by atoms with Crippen LogP contribution in [0.4, 0.5) is 5.69 Å². The van der Waals surface area contributed by atoms with Crippen LogP contribution < -0.4 is 4.74 Å². The standard InChI is InChI=1S/C13H10NO3/c15-14(16)12-8-6-11(7-9-12)10-17-13-4-2-1-3-5-13/h1-4,6-9H,10H2. The number of non-ortho nitro benzene ring substituents is 1. The highest BCUT2D eigenvalue weighted by atomic mass is 16.6. The molecule has 0 aliphatic carbocycles. The second kappa shape index (κ2) is 5.12. The average molecular weight is 228 g/mol. The van der Waals surface area contributed by atoms with Crippen LogP contribution in [0.2, 0.25) is 0 Å². The van der Waals surface area contributed by atoms with Crippen LogP contribution in [-0.2, 0) is 6.61 Å². The maximum absolute atomic E-state index is 10.5. The van der Waals surface area contributed by atoms with Crippen LogP contribution in [0.1, 0.15) is 5.56 Å². The van der Waals surface area contributed by atoms with Crippen LogP contribution in [0.5, 0.6) is 5.75 Å². The lowest BCUT2D eigenvalue weighted by Gasteiger charge is -2.05. The van der Waals surface area contributed by atoms with Gasteiger partial charge in [0.05, 0.1) is 4.92 Å². The molecule has 1 radical (unpaired) electrons. The maximum atomic E-state index is 10.5. The van der Waals surface area contributed by atoms with Crippen molar-refractivity contribution in [1.82, 2.24) is 0 Å². The van der Waals surface area contributed by atoms with Crippen molar-refractivity contribution < 1.29 is 9.66 Å². The molecule has 0 amide bonds. The molecule has 0 heterocycles. The van der Waals surface area contributed by atoms with E-state index in [1.807, 2.05) is 18.2 Å². The number of hydrogen-bond acceptors (Lipinski definition) is 3. The first kappa shape index (κ1) is 11.1. The number of nitrogens with zero attached hydrogens (tertiary/aromatic N) is 1. The van der Waals surface area contributed by atoms with Crippen molar-refractivity contribution in [3.63, 3.8) is 0 Å². The number of benzene rings is 2. The summed E-state index contributed by atoms with van der Waals surface area (Å²) in [6.45, 7) is 0.374. The minimum Gasteiger partial charge on any atom is -0.488 e. The zero-order chi connectivity index (χ0) is 12.1. The van der Waals surface area contributed by atoms with Gasteiger partial charge in [-0.1, -0.05) is 18.2 Å². The maximum Gasteiger partial charge on any atom is 0.269 e. The average Bonchev–Trinajstić information content (AvgIpc) is 2.38. The van der Waals surface area contributed by atoms with Gasteiger partial charge >= 0.3 is 0 Å². The molecule has 0 aliphatic rings. The lowest BCUT2D eigenvalue weighted by molar-refractivity contribution is -0.384. The number of para-hydroxylation sites is 1. The zero-order valence-electron chi connectivity index (χ0n) is 9.00. The van der Waals surface area contributed by atoms with E-state index in [0.717, 1.165) is 5.56 Å². The van der Waals surface area contributed by atoms with Crippen LogP contribution in [0.25, 0.3) is 0 Å². The predicted octanol–water partition coefficient (Wildman–Crippen LogP) is 2.97. The minimum absolute atomic E-state index is 0.0834. The largest absolute Gasteiger partial charge is 0.488 e. The monoisotopic (exact) mass is 228 g/mol. The fourth-order valence-electron chi connectivity index (χ4n) is 1.34. The Labute approximate surface area is 98.6 Å². The molecule has 0 bridgehead atoms. The highest BCUT2D eigenvalue weighted by Crippen LogP contribution is 2.14. The summed E-state index contributed by atoms with van der Waals surface area (Å²) in [5, 5.41) is 10.5. The topological polar surface area (TPSA) is 52.4 Å². The predicted molar refractivity (Wildman–Crippen MR) is 62.7 cm³/mol. The quantitative estimate of drug-likeness (QED) is 0.597. The third-order valence-corrected chi connectivity index (χ3v) is 2.22. The van der Waals surface area contributed by atoms with E-state index in [1.54, 1.807) is 18.2 Å². The van der Waals surface area contributed by atoms with Gasteiger partial charge in [0, 0.05) is 18.2 Å². The molecule has 0 unspecified atom stereocenters. The van der Waals surface area contributed by atoms with Crippen LogP contribution in [0, 0.1) is 16.2 Å². The molecule has 0 saturated carbocycles. The van der Waals surface area contributed by atoms with Gasteiger partial charge < -0.3 is 4.74 Å². The van der Waals surface area contributed by atoms with E-state index in [9.17, 15) is 10.1 Å². The summed E-state index contributed by atoms with van der Waals surface area (Å²) < 4.78 is 5.47. The molecule has 4 nitrogen and oxygen atoms in total. The molecule has 0 atom stereocenters. The summed E-state index contributed by atoms with van der Waals surface area (Å²) in [7, 11) is 0. The summed E-state index contributed by atoms with van der Waals surface area (Å²) in [6.07, 6.45) is 0. The normalized spacial score (nSPS) is 9.88. The van der Waals surface area contributed by atoms with Crippen molar-refractivity contribution in [2.75, 3.05) is 0 Å². The van der Waals surface area contributed by atoms with Crippen LogP contribution in [-0.4, -0.2) is 4.92 Å². The van der Waals surface area contributed by atoms with Crippen molar-refractivity contribution in [3.8, 4) is 5.75 Å². The summed E-state index contributed by atoms with van der Waals surface area (Å²) >= 11 is 0. The molecule has 4 heteroatoms. The van der Waals surface area contributed by atoms with Crippen molar-refractivity contribution in [3.05, 3.63) is 70.3 Å². The van der Waals surface area contributed by atoms with Crippen molar-refractivity contribution >= 4 is 5.69 Å². The van der Waals surface area contributed by atoms with Crippen molar-refractivity contribution in [2.24, 2.45) is 0 Å². The third-order valence-electron chi connectivity index (χ3n) is 2.22. The molecule has 0 fully saturated rings. The number of nitro groups is 1. The molecule has 85 valence electrons. The van der Waals surface area contributed by atoms with E-state index in [0.29, 0.717) is 12.4 Å². The van der Waals surface area contributed by atoms with Gasteiger partial charge in [-0.05, 0) is 23.8 Å². The van der Waals surface area contributed by atoms with Crippen LogP contribution in [0.15, 0.2) is 48.5 Å². The second-order valence-corrected chi connectivity index (χ2v) is 3.44. The Kier molecular flexibility index (Phi) is 3.35. The Hall–Kier alpha value is -2.36. The van der Waals surface area contributed by atoms with E-state index < -0.39 is 4.92 Å². The van der Waals surface area contributed by atoms with E-state index >= 15 is 0 Å². The Morgan fingerprint density at radius 3 is 2.53 bits per heavy atom. The van der Waals surface area contributed by atoms with Gasteiger partial charge in [0.25, 0.3) is 5.69 Å². The van der Waals surface area contributed by atoms with Gasteiger partial charge in [-0.3, -0.25) is 10.1 Å². The highest BCUT2D eigenvalue weighted by Gasteiger charge is 2.03. The van der Waals surface area contributed by atoms with E-state index in [2.05, 4.69) is 6.07 Å². The molecule has 0 aliphatic heterocycles. The number of ether oxygens (including phenoxy) is 1. The van der Waals surface area contributed by atoms with Crippen molar-refractivity contribution in [2.45, 2.75) is 6.61 Å². The minimum atomic E-state index is -0.421. The first-order valence-corrected chi connectivity index (χ1v) is 5.08. The Morgan fingerprint density at radius 2 is 1.94 bits per heavy atom. The van der Waals surface area contributed by atoms with Crippen LogP contribution in [0.3, 0.4) is 0 Å². The van der Waals surface area contributed by atoms with Gasteiger partial charge in [-0.25, -0.2) is 0 Å². The Morgan fingerprint density at radius 1 is 1.18 bits per heavy atom. The molecule has 0 aromatic heterocycles. The smallest absolute Gasteiger partial charge is 0.269 e. The lowest BCUT2D eigenvalue weighted by Crippen LogP contribution is -1.95. The summed E-state index contributed by atoms with van der Waals surface area (Å²) in [6, 6.07) is 16.5. The SMILES string of the molecule is O=[N+]([O-])c1ccc(COc2[c]cccc2)cc1. The number of nitro benzene ring substituents is 1. The fourth-order valence-corrected chi connectivity index (χ4v) is 1.34. The molecular weight excluding hydrogens is 218 g/mol. The molecule has 2 aromatic carbocycles. The fraction of sp³-hybridized carbons (Fsp3) is 0.0769. The van der Waals surface area contributed by atoms with Crippen molar-refractivity contribution in [1.29, 1.82) is 0 Å². The lowest BCUT2D eigenvalue weighted by atomic mass is 10.2. The molecule has 0 saturated heterocycles. The van der Waals surface area contributed by atoms with E-state index in [1.165, 1.54) is 12.1 Å².